The Morgan fingerprint density at radius 2 is 1.75 bits per heavy atom. The van der Waals surface area contributed by atoms with Gasteiger partial charge in [0, 0.05) is 13.2 Å². The molecule has 0 radical (unpaired) electrons. The summed E-state index contributed by atoms with van der Waals surface area (Å²) in [5.74, 6) is 0. The van der Waals surface area contributed by atoms with Crippen LogP contribution >= 0.6 is 0 Å². The van der Waals surface area contributed by atoms with Gasteiger partial charge in [-0.05, 0) is 32.3 Å². The second kappa shape index (κ2) is 6.02. The van der Waals surface area contributed by atoms with Gasteiger partial charge in [0.05, 0.1) is 6.10 Å². The molecule has 2 unspecified atom stereocenters. The van der Waals surface area contributed by atoms with Crippen LogP contribution in [0.5, 0.6) is 0 Å². The lowest BCUT2D eigenvalue weighted by Gasteiger charge is -2.21. The van der Waals surface area contributed by atoms with Gasteiger partial charge in [0.1, 0.15) is 0 Å². The Kier molecular flexibility index (Phi) is 4.97. The molecule has 2 atom stereocenters. The minimum absolute atomic E-state index is 0.0798. The van der Waals surface area contributed by atoms with Gasteiger partial charge in [0.15, 0.2) is 0 Å². The number of ether oxygens (including phenoxy) is 1. The molecular weight excluding hydrogens is 198 g/mol. The van der Waals surface area contributed by atoms with E-state index in [1.54, 1.807) is 7.11 Å². The van der Waals surface area contributed by atoms with Crippen molar-refractivity contribution in [3.63, 3.8) is 0 Å². The summed E-state index contributed by atoms with van der Waals surface area (Å²) in [7, 11) is 1.73. The fourth-order valence-corrected chi connectivity index (χ4v) is 2.23. The molecule has 0 aromatic heterocycles. The number of hydrogen-bond donors (Lipinski definition) is 1. The van der Waals surface area contributed by atoms with Crippen molar-refractivity contribution in [3.8, 4) is 0 Å². The van der Waals surface area contributed by atoms with Gasteiger partial charge in [0.2, 0.25) is 0 Å². The maximum Gasteiger partial charge on any atom is 0.0722 e. The minimum atomic E-state index is 0.0798. The summed E-state index contributed by atoms with van der Waals surface area (Å²) >= 11 is 0. The van der Waals surface area contributed by atoms with Crippen LogP contribution in [-0.2, 0) is 11.2 Å². The van der Waals surface area contributed by atoms with E-state index in [0.29, 0.717) is 0 Å². The lowest BCUT2D eigenvalue weighted by atomic mass is 9.98. The lowest BCUT2D eigenvalue weighted by molar-refractivity contribution is 0.0773. The smallest absolute Gasteiger partial charge is 0.0722 e. The van der Waals surface area contributed by atoms with Gasteiger partial charge in [-0.25, -0.2) is 0 Å². The number of methoxy groups -OCH3 is 1. The predicted molar refractivity (Wildman–Crippen MR) is 68.7 cm³/mol. The molecular formula is C14H23NO. The predicted octanol–water partition coefficient (Wildman–Crippen LogP) is 2.60. The van der Waals surface area contributed by atoms with Crippen LogP contribution in [0.2, 0.25) is 0 Å². The Morgan fingerprint density at radius 3 is 2.19 bits per heavy atom. The second-order valence-electron chi connectivity index (χ2n) is 4.55. The molecule has 2 nitrogen and oxygen atoms in total. The van der Waals surface area contributed by atoms with E-state index in [-0.39, 0.29) is 12.1 Å². The van der Waals surface area contributed by atoms with Crippen molar-refractivity contribution in [2.24, 2.45) is 5.73 Å². The molecule has 0 amide bonds. The number of aryl methyl sites for hydroxylation is 2. The summed E-state index contributed by atoms with van der Waals surface area (Å²) < 4.78 is 5.37. The molecule has 0 heterocycles. The molecule has 0 fully saturated rings. The normalized spacial score (nSPS) is 14.8. The third kappa shape index (κ3) is 3.62. The highest BCUT2D eigenvalue weighted by Crippen LogP contribution is 2.13. The van der Waals surface area contributed by atoms with Crippen LogP contribution in [0.4, 0.5) is 0 Å². The van der Waals surface area contributed by atoms with Crippen molar-refractivity contribution < 1.29 is 4.74 Å². The fraction of sp³-hybridized carbons (Fsp3) is 0.571. The summed E-state index contributed by atoms with van der Waals surface area (Å²) in [6.45, 7) is 6.35. The van der Waals surface area contributed by atoms with Crippen molar-refractivity contribution in [1.29, 1.82) is 0 Å². The molecule has 0 aliphatic rings. The number of rotatable bonds is 5. The maximum atomic E-state index is 6.15. The molecule has 2 N–H and O–H groups in total. The van der Waals surface area contributed by atoms with Crippen molar-refractivity contribution in [2.45, 2.75) is 45.8 Å². The van der Waals surface area contributed by atoms with E-state index in [9.17, 15) is 0 Å². The molecule has 0 bridgehead atoms. The van der Waals surface area contributed by atoms with Crippen LogP contribution < -0.4 is 5.73 Å². The van der Waals surface area contributed by atoms with Crippen molar-refractivity contribution in [2.75, 3.05) is 7.11 Å². The number of hydrogen-bond acceptors (Lipinski definition) is 2. The van der Waals surface area contributed by atoms with Gasteiger partial charge in [-0.1, -0.05) is 36.2 Å². The molecule has 0 saturated heterocycles. The van der Waals surface area contributed by atoms with Crippen molar-refractivity contribution >= 4 is 0 Å². The van der Waals surface area contributed by atoms with E-state index >= 15 is 0 Å². The summed E-state index contributed by atoms with van der Waals surface area (Å²) in [4.78, 5) is 0. The zero-order chi connectivity index (χ0) is 12.1. The van der Waals surface area contributed by atoms with Gasteiger partial charge in [-0.15, -0.1) is 0 Å². The first-order valence-corrected chi connectivity index (χ1v) is 5.92. The average Bonchev–Trinajstić information content (AvgIpc) is 2.17. The molecule has 16 heavy (non-hydrogen) atoms. The van der Waals surface area contributed by atoms with E-state index < -0.39 is 0 Å². The third-order valence-electron chi connectivity index (χ3n) is 2.94. The molecule has 1 aromatic carbocycles. The van der Waals surface area contributed by atoms with Gasteiger partial charge < -0.3 is 10.5 Å². The van der Waals surface area contributed by atoms with Crippen molar-refractivity contribution in [3.05, 3.63) is 34.9 Å². The van der Waals surface area contributed by atoms with Crippen molar-refractivity contribution in [1.82, 2.24) is 0 Å². The minimum Gasteiger partial charge on any atom is -0.380 e. The zero-order valence-corrected chi connectivity index (χ0v) is 10.8. The second-order valence-corrected chi connectivity index (χ2v) is 4.55. The monoisotopic (exact) mass is 221 g/mol. The molecule has 0 aliphatic carbocycles. The standard InChI is InChI=1S/C14H23NO/c1-5-14(16-4)13(15)9-12-7-10(2)6-11(3)8-12/h6-8,13-14H,5,9,15H2,1-4H3. The van der Waals surface area contributed by atoms with E-state index in [1.165, 1.54) is 16.7 Å². The van der Waals surface area contributed by atoms with E-state index in [4.69, 9.17) is 10.5 Å². The Labute approximate surface area is 98.8 Å². The number of nitrogens with two attached hydrogens (primary N) is 1. The van der Waals surface area contributed by atoms with Crippen LogP contribution in [0.25, 0.3) is 0 Å². The Morgan fingerprint density at radius 1 is 1.19 bits per heavy atom. The molecule has 90 valence electrons. The van der Waals surface area contributed by atoms with Gasteiger partial charge >= 0.3 is 0 Å². The Bertz CT molecular complexity index is 311. The first kappa shape index (κ1) is 13.2. The largest absolute Gasteiger partial charge is 0.380 e. The van der Waals surface area contributed by atoms with Crippen LogP contribution in [0.1, 0.15) is 30.0 Å². The highest BCUT2D eigenvalue weighted by Gasteiger charge is 2.15. The van der Waals surface area contributed by atoms with E-state index in [1.807, 2.05) is 0 Å². The first-order valence-electron chi connectivity index (χ1n) is 5.92. The summed E-state index contributed by atoms with van der Waals surface area (Å²) in [5, 5.41) is 0. The highest BCUT2D eigenvalue weighted by atomic mass is 16.5. The molecule has 0 aliphatic heterocycles. The zero-order valence-electron chi connectivity index (χ0n) is 10.8. The third-order valence-corrected chi connectivity index (χ3v) is 2.94. The van der Waals surface area contributed by atoms with Gasteiger partial charge in [-0.3, -0.25) is 0 Å². The van der Waals surface area contributed by atoms with Crippen LogP contribution in [0.3, 0.4) is 0 Å². The summed E-state index contributed by atoms with van der Waals surface area (Å²) in [6, 6.07) is 6.67. The average molecular weight is 221 g/mol. The Hall–Kier alpha value is -0.860. The van der Waals surface area contributed by atoms with Crippen LogP contribution in [0, 0.1) is 13.8 Å². The molecule has 2 heteroatoms. The highest BCUT2D eigenvalue weighted by molar-refractivity contribution is 5.29. The topological polar surface area (TPSA) is 35.2 Å². The van der Waals surface area contributed by atoms with E-state index in [0.717, 1.165) is 12.8 Å². The number of benzene rings is 1. The van der Waals surface area contributed by atoms with E-state index in [2.05, 4.69) is 39.0 Å². The fourth-order valence-electron chi connectivity index (χ4n) is 2.23. The first-order chi connectivity index (χ1) is 7.56. The summed E-state index contributed by atoms with van der Waals surface area (Å²) in [5.41, 5.74) is 10.0. The molecule has 1 aromatic rings. The maximum absolute atomic E-state index is 6.15. The lowest BCUT2D eigenvalue weighted by Crippen LogP contribution is -2.37. The quantitative estimate of drug-likeness (QED) is 0.829. The van der Waals surface area contributed by atoms with Crippen LogP contribution in [-0.4, -0.2) is 19.3 Å². The Balaban J connectivity index is 2.72. The molecule has 0 spiro atoms. The molecule has 1 rings (SSSR count). The van der Waals surface area contributed by atoms with Gasteiger partial charge in [0.25, 0.3) is 0 Å². The SMILES string of the molecule is CCC(OC)C(N)Cc1cc(C)cc(C)c1. The summed E-state index contributed by atoms with van der Waals surface area (Å²) in [6.07, 6.45) is 2.00. The van der Waals surface area contributed by atoms with Gasteiger partial charge in [-0.2, -0.15) is 0 Å². The molecule has 0 saturated carbocycles. The van der Waals surface area contributed by atoms with Crippen LogP contribution in [0.15, 0.2) is 18.2 Å².